The zero-order valence-corrected chi connectivity index (χ0v) is 12.6. The molecular weight excluding hydrogens is 274 g/mol. The number of hydrogen-bond acceptors (Lipinski definition) is 5. The molecule has 1 heterocycles. The highest BCUT2D eigenvalue weighted by Gasteiger charge is 2.26. The molecule has 0 radical (unpaired) electrons. The second-order valence-corrected chi connectivity index (χ2v) is 7.79. The molecule has 0 aliphatic rings. The van der Waals surface area contributed by atoms with Crippen LogP contribution in [-0.2, 0) is 16.6 Å². The Labute approximate surface area is 112 Å². The number of thioether (sulfide) groups is 1. The van der Waals surface area contributed by atoms with Crippen molar-refractivity contribution in [2.24, 2.45) is 0 Å². The van der Waals surface area contributed by atoms with Gasteiger partial charge in [0.15, 0.2) is 0 Å². The molecule has 0 saturated heterocycles. The average Bonchev–Trinajstić information content (AvgIpc) is 2.69. The van der Waals surface area contributed by atoms with E-state index in [2.05, 4.69) is 14.9 Å². The highest BCUT2D eigenvalue weighted by Crippen LogP contribution is 2.22. The normalized spacial score (nSPS) is 12.9. The van der Waals surface area contributed by atoms with E-state index in [9.17, 15) is 8.42 Å². The molecule has 0 spiro atoms. The van der Waals surface area contributed by atoms with Crippen LogP contribution in [0.25, 0.3) is 0 Å². The van der Waals surface area contributed by atoms with E-state index >= 15 is 0 Å². The lowest BCUT2D eigenvalue weighted by atomic mass is 10.2. The third-order valence-corrected chi connectivity index (χ3v) is 5.47. The molecule has 0 saturated carbocycles. The summed E-state index contributed by atoms with van der Waals surface area (Å²) in [7, 11) is -3.65. The summed E-state index contributed by atoms with van der Waals surface area (Å²) in [5.41, 5.74) is 0.565. The number of nitrogens with one attached hydrogen (secondary N) is 2. The summed E-state index contributed by atoms with van der Waals surface area (Å²) >= 11 is 1.58. The first-order valence-electron chi connectivity index (χ1n) is 5.43. The van der Waals surface area contributed by atoms with E-state index in [-0.39, 0.29) is 15.3 Å². The average molecular weight is 293 g/mol. The summed E-state index contributed by atoms with van der Waals surface area (Å²) in [5.74, 6) is 0. The molecule has 1 aromatic heterocycles. The Bertz CT molecular complexity index is 508. The van der Waals surface area contributed by atoms with Gasteiger partial charge in [-0.1, -0.05) is 0 Å². The summed E-state index contributed by atoms with van der Waals surface area (Å²) in [6.45, 7) is 5.42. The molecule has 3 N–H and O–H groups in total. The number of rotatable bonds is 6. The highest BCUT2D eigenvalue weighted by molar-refractivity contribution is 8.00. The van der Waals surface area contributed by atoms with Crippen LogP contribution in [0.2, 0.25) is 0 Å². The van der Waals surface area contributed by atoms with Crippen LogP contribution < -0.4 is 4.72 Å². The lowest BCUT2D eigenvalue weighted by Crippen LogP contribution is -2.36. The Kier molecular flexibility index (Phi) is 4.82. The molecular formula is C10H19N3O3S2. The fourth-order valence-corrected chi connectivity index (χ4v) is 3.22. The molecule has 18 heavy (non-hydrogen) atoms. The monoisotopic (exact) mass is 293 g/mol. The molecule has 0 bridgehead atoms. The number of H-pyrrole nitrogens is 1. The first-order valence-corrected chi connectivity index (χ1v) is 8.14. The number of nitrogens with zero attached hydrogens (tertiary/aromatic N) is 1. The predicted molar refractivity (Wildman–Crippen MR) is 72.0 cm³/mol. The van der Waals surface area contributed by atoms with Crippen LogP contribution in [0.1, 0.15) is 25.2 Å². The molecule has 0 aliphatic heterocycles. The Hall–Kier alpha value is -0.570. The summed E-state index contributed by atoms with van der Waals surface area (Å²) < 4.78 is 26.7. The molecule has 6 nitrogen and oxygen atoms in total. The third kappa shape index (κ3) is 3.47. The maximum absolute atomic E-state index is 12.2. The van der Waals surface area contributed by atoms with Crippen LogP contribution in [0, 0.1) is 6.92 Å². The van der Waals surface area contributed by atoms with Crippen LogP contribution in [0.5, 0.6) is 0 Å². The van der Waals surface area contributed by atoms with Crippen molar-refractivity contribution in [3.8, 4) is 0 Å². The van der Waals surface area contributed by atoms with E-state index in [1.807, 2.05) is 20.1 Å². The van der Waals surface area contributed by atoms with Gasteiger partial charge < -0.3 is 5.11 Å². The van der Waals surface area contributed by atoms with Crippen LogP contribution in [0.15, 0.2) is 4.90 Å². The van der Waals surface area contributed by atoms with Crippen molar-refractivity contribution in [2.75, 3.05) is 12.8 Å². The maximum Gasteiger partial charge on any atom is 0.244 e. The second kappa shape index (κ2) is 5.60. The standard InChI is InChI=1S/C10H19N3O3S2/c1-7-9(8(5-14)13-12-7)18(15,16)11-6-10(2,3)17-4/h11,14H,5-6H2,1-4H3,(H,12,13). The molecule has 0 aliphatic carbocycles. The van der Waals surface area contributed by atoms with Gasteiger partial charge in [-0.25, -0.2) is 13.1 Å². The molecule has 0 amide bonds. The minimum Gasteiger partial charge on any atom is -0.390 e. The van der Waals surface area contributed by atoms with Crippen molar-refractivity contribution in [3.05, 3.63) is 11.4 Å². The van der Waals surface area contributed by atoms with E-state index in [1.165, 1.54) is 0 Å². The molecule has 0 unspecified atom stereocenters. The summed E-state index contributed by atoms with van der Waals surface area (Å²) in [6.07, 6.45) is 1.93. The van der Waals surface area contributed by atoms with E-state index in [0.717, 1.165) is 0 Å². The molecule has 8 heteroatoms. The number of aliphatic hydroxyl groups excluding tert-OH is 1. The van der Waals surface area contributed by atoms with E-state index in [0.29, 0.717) is 12.2 Å². The maximum atomic E-state index is 12.2. The zero-order chi connectivity index (χ0) is 14.0. The van der Waals surface area contributed by atoms with E-state index in [4.69, 9.17) is 5.11 Å². The first-order chi connectivity index (χ1) is 8.23. The quantitative estimate of drug-likeness (QED) is 0.715. The lowest BCUT2D eigenvalue weighted by Gasteiger charge is -2.22. The fourth-order valence-electron chi connectivity index (χ4n) is 1.35. The van der Waals surface area contributed by atoms with Gasteiger partial charge in [-0.2, -0.15) is 16.9 Å². The van der Waals surface area contributed by atoms with Gasteiger partial charge in [0.25, 0.3) is 0 Å². The molecule has 104 valence electrons. The number of hydrogen-bond donors (Lipinski definition) is 3. The lowest BCUT2D eigenvalue weighted by molar-refractivity contribution is 0.273. The van der Waals surface area contributed by atoms with Crippen molar-refractivity contribution < 1.29 is 13.5 Å². The minimum absolute atomic E-state index is 0.0434. The van der Waals surface area contributed by atoms with Gasteiger partial charge >= 0.3 is 0 Å². The fraction of sp³-hybridized carbons (Fsp3) is 0.700. The van der Waals surface area contributed by atoms with Crippen LogP contribution >= 0.6 is 11.8 Å². The number of aromatic amines is 1. The Balaban J connectivity index is 2.97. The largest absolute Gasteiger partial charge is 0.390 e. The van der Waals surface area contributed by atoms with Crippen molar-refractivity contribution in [3.63, 3.8) is 0 Å². The third-order valence-electron chi connectivity index (χ3n) is 2.62. The first kappa shape index (κ1) is 15.5. The van der Waals surface area contributed by atoms with Gasteiger partial charge in [0.1, 0.15) is 10.6 Å². The Morgan fingerprint density at radius 3 is 2.61 bits per heavy atom. The Morgan fingerprint density at radius 2 is 2.11 bits per heavy atom. The summed E-state index contributed by atoms with van der Waals surface area (Å²) in [5, 5.41) is 15.4. The number of sulfonamides is 1. The highest BCUT2D eigenvalue weighted by atomic mass is 32.2. The van der Waals surface area contributed by atoms with Crippen LogP contribution in [0.4, 0.5) is 0 Å². The zero-order valence-electron chi connectivity index (χ0n) is 10.9. The van der Waals surface area contributed by atoms with Gasteiger partial charge in [0.05, 0.1) is 12.3 Å². The van der Waals surface area contributed by atoms with E-state index in [1.54, 1.807) is 18.7 Å². The van der Waals surface area contributed by atoms with E-state index < -0.39 is 16.6 Å². The van der Waals surface area contributed by atoms with Gasteiger partial charge in [-0.05, 0) is 27.0 Å². The van der Waals surface area contributed by atoms with Crippen LogP contribution in [-0.4, -0.2) is 41.3 Å². The minimum atomic E-state index is -3.65. The molecule has 0 aromatic carbocycles. The predicted octanol–water partition coefficient (Wildman–Crippen LogP) is 0.630. The molecule has 1 aromatic rings. The van der Waals surface area contributed by atoms with Gasteiger partial charge in [-0.3, -0.25) is 5.10 Å². The van der Waals surface area contributed by atoms with Crippen molar-refractivity contribution in [1.29, 1.82) is 0 Å². The van der Waals surface area contributed by atoms with Gasteiger partial charge in [-0.15, -0.1) is 0 Å². The second-order valence-electron chi connectivity index (χ2n) is 4.57. The summed E-state index contributed by atoms with van der Waals surface area (Å²) in [6, 6.07) is 0. The molecule has 0 atom stereocenters. The van der Waals surface area contributed by atoms with Crippen LogP contribution in [0.3, 0.4) is 0 Å². The van der Waals surface area contributed by atoms with Crippen molar-refractivity contribution in [1.82, 2.24) is 14.9 Å². The molecule has 0 fully saturated rings. The van der Waals surface area contributed by atoms with Gasteiger partial charge in [0, 0.05) is 11.3 Å². The number of aromatic nitrogens is 2. The molecule has 1 rings (SSSR count). The van der Waals surface area contributed by atoms with Crippen molar-refractivity contribution >= 4 is 21.8 Å². The Morgan fingerprint density at radius 1 is 1.50 bits per heavy atom. The van der Waals surface area contributed by atoms with Crippen molar-refractivity contribution in [2.45, 2.75) is 37.0 Å². The smallest absolute Gasteiger partial charge is 0.244 e. The summed E-state index contributed by atoms with van der Waals surface area (Å²) in [4.78, 5) is 0.0434. The number of aryl methyl sites for hydroxylation is 1. The van der Waals surface area contributed by atoms with Gasteiger partial charge in [0.2, 0.25) is 10.0 Å². The topological polar surface area (TPSA) is 95.1 Å². The SMILES string of the molecule is CSC(C)(C)CNS(=O)(=O)c1c(CO)n[nH]c1C. The number of aliphatic hydroxyl groups is 1.